The fraction of sp³-hybridized carbons (Fsp3) is 0.833. The van der Waals surface area contributed by atoms with Gasteiger partial charge in [-0.15, -0.1) is 23.5 Å². The maximum Gasteiger partial charge on any atom is 0.0821 e. The molecule has 0 spiro atoms. The number of hydrogen-bond donors (Lipinski definition) is 1. The highest BCUT2D eigenvalue weighted by atomic mass is 32.2. The largest absolute Gasteiger partial charge is 0.395 e. The second kappa shape index (κ2) is 3.74. The lowest BCUT2D eigenvalue weighted by Gasteiger charge is -2.23. The van der Waals surface area contributed by atoms with Crippen LogP contribution in [0.1, 0.15) is 13.3 Å². The molecule has 0 aromatic rings. The van der Waals surface area contributed by atoms with Crippen LogP contribution in [0.25, 0.3) is 0 Å². The third kappa shape index (κ3) is 2.40. The van der Waals surface area contributed by atoms with E-state index in [2.05, 4.69) is 6.92 Å². The zero-order valence-electron chi connectivity index (χ0n) is 5.46. The van der Waals surface area contributed by atoms with Crippen LogP contribution in [0.5, 0.6) is 0 Å². The number of rotatable bonds is 1. The van der Waals surface area contributed by atoms with Crippen LogP contribution in [0.4, 0.5) is 0 Å². The summed E-state index contributed by atoms with van der Waals surface area (Å²) in [5.41, 5.74) is 0. The maximum absolute atomic E-state index is 8.77. The molecule has 0 aliphatic carbocycles. The standard InChI is InChI=1S/C6H11OS2/c1-5-8-3-2-6(4-7)9-5/h6-7H,2-4H2,1H3. The first-order valence-corrected chi connectivity index (χ1v) is 4.93. The van der Waals surface area contributed by atoms with Gasteiger partial charge in [-0.05, 0) is 19.1 Å². The molecular weight excluding hydrogens is 152 g/mol. The van der Waals surface area contributed by atoms with Crippen molar-refractivity contribution in [2.75, 3.05) is 12.4 Å². The van der Waals surface area contributed by atoms with E-state index in [1.165, 1.54) is 10.3 Å². The Morgan fingerprint density at radius 3 is 3.00 bits per heavy atom. The van der Waals surface area contributed by atoms with Crippen molar-refractivity contribution in [2.24, 2.45) is 0 Å². The highest BCUT2D eigenvalue weighted by Crippen LogP contribution is 2.40. The van der Waals surface area contributed by atoms with E-state index in [-0.39, 0.29) is 0 Å². The highest BCUT2D eigenvalue weighted by molar-refractivity contribution is 8.21. The summed E-state index contributed by atoms with van der Waals surface area (Å²) < 4.78 is 1.40. The molecule has 0 aromatic heterocycles. The minimum absolute atomic E-state index is 0.336. The van der Waals surface area contributed by atoms with Crippen molar-refractivity contribution in [1.82, 2.24) is 0 Å². The van der Waals surface area contributed by atoms with Crippen LogP contribution in [0.2, 0.25) is 0 Å². The molecule has 1 atom stereocenters. The van der Waals surface area contributed by atoms with Crippen molar-refractivity contribution in [2.45, 2.75) is 18.6 Å². The lowest BCUT2D eigenvalue weighted by Crippen LogP contribution is -2.14. The Balaban J connectivity index is 2.23. The molecular formula is C6H11OS2. The molecule has 1 radical (unpaired) electrons. The van der Waals surface area contributed by atoms with Gasteiger partial charge in [-0.3, -0.25) is 0 Å². The first kappa shape index (κ1) is 7.76. The van der Waals surface area contributed by atoms with Crippen molar-refractivity contribution >= 4 is 23.5 Å². The van der Waals surface area contributed by atoms with E-state index in [1.807, 2.05) is 23.5 Å². The number of thioether (sulfide) groups is 2. The predicted molar refractivity (Wildman–Crippen MR) is 44.5 cm³/mol. The molecule has 1 rings (SSSR count). The molecule has 1 unspecified atom stereocenters. The average Bonchev–Trinajstić information content (AvgIpc) is 1.88. The van der Waals surface area contributed by atoms with Crippen molar-refractivity contribution in [1.29, 1.82) is 0 Å². The Morgan fingerprint density at radius 2 is 2.56 bits per heavy atom. The fourth-order valence-electron chi connectivity index (χ4n) is 0.790. The normalized spacial score (nSPS) is 30.7. The molecule has 1 nitrogen and oxygen atoms in total. The molecule has 1 N–H and O–H groups in total. The summed E-state index contributed by atoms with van der Waals surface area (Å²) in [6.07, 6.45) is 1.16. The van der Waals surface area contributed by atoms with E-state index in [0.717, 1.165) is 6.42 Å². The summed E-state index contributed by atoms with van der Waals surface area (Å²) in [7, 11) is 0. The first-order chi connectivity index (χ1) is 4.33. The summed E-state index contributed by atoms with van der Waals surface area (Å²) in [4.78, 5) is 0. The smallest absolute Gasteiger partial charge is 0.0821 e. The van der Waals surface area contributed by atoms with Gasteiger partial charge in [-0.1, -0.05) is 0 Å². The van der Waals surface area contributed by atoms with Crippen molar-refractivity contribution in [3.05, 3.63) is 4.58 Å². The maximum atomic E-state index is 8.77. The van der Waals surface area contributed by atoms with E-state index >= 15 is 0 Å². The SMILES string of the molecule is C[C]1SCCC(CO)S1. The van der Waals surface area contributed by atoms with E-state index in [4.69, 9.17) is 5.11 Å². The Morgan fingerprint density at radius 1 is 1.78 bits per heavy atom. The predicted octanol–water partition coefficient (Wildman–Crippen LogP) is 1.73. The van der Waals surface area contributed by atoms with E-state index in [1.54, 1.807) is 0 Å². The molecule has 9 heavy (non-hydrogen) atoms. The minimum Gasteiger partial charge on any atom is -0.395 e. The summed E-state index contributed by atoms with van der Waals surface area (Å²) in [6.45, 7) is 2.46. The van der Waals surface area contributed by atoms with Crippen molar-refractivity contribution in [3.8, 4) is 0 Å². The van der Waals surface area contributed by atoms with Gasteiger partial charge in [0, 0.05) is 5.25 Å². The molecule has 1 saturated heterocycles. The number of aliphatic hydroxyl groups excluding tert-OH is 1. The molecule has 0 aromatic carbocycles. The van der Waals surface area contributed by atoms with E-state index in [9.17, 15) is 0 Å². The van der Waals surface area contributed by atoms with Crippen LogP contribution in [0.3, 0.4) is 0 Å². The Hall–Kier alpha value is 0.660. The van der Waals surface area contributed by atoms with E-state index in [0.29, 0.717) is 11.9 Å². The van der Waals surface area contributed by atoms with Gasteiger partial charge in [0.1, 0.15) is 0 Å². The van der Waals surface area contributed by atoms with Crippen LogP contribution >= 0.6 is 23.5 Å². The zero-order chi connectivity index (χ0) is 6.69. The molecule has 0 saturated carbocycles. The van der Waals surface area contributed by atoms with Gasteiger partial charge < -0.3 is 5.11 Å². The molecule has 0 bridgehead atoms. The average molecular weight is 163 g/mol. The Kier molecular flexibility index (Phi) is 3.22. The van der Waals surface area contributed by atoms with Crippen LogP contribution in [-0.2, 0) is 0 Å². The summed E-state index contributed by atoms with van der Waals surface area (Å²) in [5.74, 6) is 1.18. The third-order valence-electron chi connectivity index (χ3n) is 1.28. The van der Waals surface area contributed by atoms with Gasteiger partial charge >= 0.3 is 0 Å². The molecule has 1 heterocycles. The third-order valence-corrected chi connectivity index (χ3v) is 3.82. The zero-order valence-corrected chi connectivity index (χ0v) is 7.10. The van der Waals surface area contributed by atoms with Gasteiger partial charge in [-0.25, -0.2) is 0 Å². The van der Waals surface area contributed by atoms with Crippen LogP contribution in [0.15, 0.2) is 0 Å². The van der Waals surface area contributed by atoms with Crippen LogP contribution in [-0.4, -0.2) is 22.7 Å². The van der Waals surface area contributed by atoms with Gasteiger partial charge in [0.15, 0.2) is 0 Å². The van der Waals surface area contributed by atoms with Crippen molar-refractivity contribution < 1.29 is 5.11 Å². The molecule has 0 amide bonds. The van der Waals surface area contributed by atoms with Crippen molar-refractivity contribution in [3.63, 3.8) is 0 Å². The molecule has 1 fully saturated rings. The monoisotopic (exact) mass is 163 g/mol. The molecule has 1 aliphatic heterocycles. The lowest BCUT2D eigenvalue weighted by atomic mass is 10.3. The fourth-order valence-corrected chi connectivity index (χ4v) is 3.34. The summed E-state index contributed by atoms with van der Waals surface area (Å²) in [6, 6.07) is 0. The lowest BCUT2D eigenvalue weighted by molar-refractivity contribution is 0.293. The molecule has 1 aliphatic rings. The van der Waals surface area contributed by atoms with Gasteiger partial charge in [0.25, 0.3) is 0 Å². The second-order valence-corrected chi connectivity index (χ2v) is 5.13. The molecule has 53 valence electrons. The van der Waals surface area contributed by atoms with Gasteiger partial charge in [0.05, 0.1) is 11.2 Å². The first-order valence-electron chi connectivity index (χ1n) is 3.07. The highest BCUT2D eigenvalue weighted by Gasteiger charge is 2.18. The summed E-state index contributed by atoms with van der Waals surface area (Å²) in [5, 5.41) is 9.24. The van der Waals surface area contributed by atoms with E-state index < -0.39 is 0 Å². The van der Waals surface area contributed by atoms with Gasteiger partial charge in [0.2, 0.25) is 0 Å². The van der Waals surface area contributed by atoms with Crippen LogP contribution in [0, 0.1) is 4.58 Å². The quantitative estimate of drug-likeness (QED) is 0.635. The second-order valence-electron chi connectivity index (χ2n) is 2.05. The van der Waals surface area contributed by atoms with Gasteiger partial charge in [-0.2, -0.15) is 0 Å². The Bertz CT molecular complexity index is 87.1. The Labute approximate surface area is 64.6 Å². The van der Waals surface area contributed by atoms with Crippen LogP contribution < -0.4 is 0 Å². The topological polar surface area (TPSA) is 20.2 Å². The number of hydrogen-bond acceptors (Lipinski definition) is 3. The summed E-state index contributed by atoms with van der Waals surface area (Å²) >= 11 is 3.72. The number of aliphatic hydroxyl groups is 1. The minimum atomic E-state index is 0.336. The molecule has 3 heteroatoms.